The van der Waals surface area contributed by atoms with Crippen molar-refractivity contribution >= 4 is 0 Å². The highest BCUT2D eigenvalue weighted by atomic mass is 19.4. The summed E-state index contributed by atoms with van der Waals surface area (Å²) in [4.78, 5) is 0. The molecule has 25 heavy (non-hydrogen) atoms. The van der Waals surface area contributed by atoms with Crippen LogP contribution in [0.2, 0.25) is 0 Å². The van der Waals surface area contributed by atoms with E-state index < -0.39 is 11.7 Å². The zero-order valence-electron chi connectivity index (χ0n) is 13.7. The van der Waals surface area contributed by atoms with Gasteiger partial charge in [0, 0.05) is 12.1 Å². The Morgan fingerprint density at radius 1 is 0.880 bits per heavy atom. The molecule has 2 aromatic rings. The molecule has 2 unspecified atom stereocenters. The summed E-state index contributed by atoms with van der Waals surface area (Å²) in [5, 5.41) is 3.59. The number of nitrogens with one attached hydrogen (secondary N) is 1. The quantitative estimate of drug-likeness (QED) is 0.840. The van der Waals surface area contributed by atoms with E-state index >= 15 is 0 Å². The normalized spacial score (nSPS) is 25.8. The highest BCUT2D eigenvalue weighted by molar-refractivity contribution is 5.65. The van der Waals surface area contributed by atoms with Gasteiger partial charge in [-0.05, 0) is 61.1 Å². The molecule has 5 heteroatoms. The lowest BCUT2D eigenvalue weighted by Crippen LogP contribution is -2.42. The van der Waals surface area contributed by atoms with Crippen LogP contribution in [0.25, 0.3) is 11.1 Å². The van der Waals surface area contributed by atoms with Gasteiger partial charge in [0.15, 0.2) is 0 Å². The highest BCUT2D eigenvalue weighted by Gasteiger charge is 2.34. The van der Waals surface area contributed by atoms with Gasteiger partial charge in [-0.2, -0.15) is 13.2 Å². The number of rotatable bonds is 3. The second kappa shape index (κ2) is 6.37. The van der Waals surface area contributed by atoms with E-state index in [0.717, 1.165) is 41.9 Å². The first-order valence-electron chi connectivity index (χ1n) is 8.68. The smallest absolute Gasteiger partial charge is 0.416 e. The van der Waals surface area contributed by atoms with E-state index in [4.69, 9.17) is 4.74 Å². The van der Waals surface area contributed by atoms with Gasteiger partial charge in [-0.15, -0.1) is 0 Å². The third-order valence-corrected chi connectivity index (χ3v) is 5.11. The minimum atomic E-state index is -4.31. The van der Waals surface area contributed by atoms with Gasteiger partial charge in [-0.3, -0.25) is 0 Å². The van der Waals surface area contributed by atoms with E-state index in [-0.39, 0.29) is 6.10 Å². The fourth-order valence-electron chi connectivity index (χ4n) is 3.89. The number of halogens is 3. The Bertz CT molecular complexity index is 729. The highest BCUT2D eigenvalue weighted by Crippen LogP contribution is 2.33. The van der Waals surface area contributed by atoms with E-state index in [2.05, 4.69) is 5.32 Å². The molecule has 0 spiro atoms. The predicted octanol–water partition coefficient (Wildman–Crippen LogP) is 5.03. The lowest BCUT2D eigenvalue weighted by molar-refractivity contribution is -0.137. The third-order valence-electron chi connectivity index (χ3n) is 5.11. The topological polar surface area (TPSA) is 21.3 Å². The third kappa shape index (κ3) is 3.66. The molecule has 0 saturated carbocycles. The minimum absolute atomic E-state index is 0.210. The fourth-order valence-corrected chi connectivity index (χ4v) is 3.89. The van der Waals surface area contributed by atoms with Crippen molar-refractivity contribution in [1.82, 2.24) is 5.32 Å². The molecule has 2 atom stereocenters. The van der Waals surface area contributed by atoms with E-state index in [9.17, 15) is 13.2 Å². The van der Waals surface area contributed by atoms with Crippen LogP contribution in [0.15, 0.2) is 48.5 Å². The first-order chi connectivity index (χ1) is 12.0. The number of fused-ring (bicyclic) bond motifs is 2. The van der Waals surface area contributed by atoms with Gasteiger partial charge in [0.2, 0.25) is 0 Å². The maximum atomic E-state index is 12.7. The Morgan fingerprint density at radius 2 is 1.56 bits per heavy atom. The molecule has 2 saturated heterocycles. The van der Waals surface area contributed by atoms with Gasteiger partial charge >= 0.3 is 6.18 Å². The molecule has 2 fully saturated rings. The Balaban J connectivity index is 1.49. The monoisotopic (exact) mass is 347 g/mol. The summed E-state index contributed by atoms with van der Waals surface area (Å²) in [6, 6.07) is 14.0. The molecule has 0 aliphatic carbocycles. The molecule has 2 bridgehead atoms. The van der Waals surface area contributed by atoms with Crippen LogP contribution in [-0.2, 0) is 6.18 Å². The SMILES string of the molecule is FC(F)(F)c1ccc(-c2cccc(OC3CC4CCC(C3)N4)c2)cc1. The summed E-state index contributed by atoms with van der Waals surface area (Å²) in [5.74, 6) is 0.781. The summed E-state index contributed by atoms with van der Waals surface area (Å²) in [7, 11) is 0. The van der Waals surface area contributed by atoms with Gasteiger partial charge in [0.05, 0.1) is 5.56 Å². The van der Waals surface area contributed by atoms with E-state index in [0.29, 0.717) is 12.1 Å². The van der Waals surface area contributed by atoms with Crippen LogP contribution in [0, 0.1) is 0 Å². The second-order valence-electron chi connectivity index (χ2n) is 6.95. The van der Waals surface area contributed by atoms with Crippen molar-refractivity contribution in [3.05, 3.63) is 54.1 Å². The molecule has 0 radical (unpaired) electrons. The number of ether oxygens (including phenoxy) is 1. The second-order valence-corrected chi connectivity index (χ2v) is 6.95. The van der Waals surface area contributed by atoms with Crippen LogP contribution in [0.4, 0.5) is 13.2 Å². The molecular weight excluding hydrogens is 327 g/mol. The van der Waals surface area contributed by atoms with Crippen LogP contribution in [0.5, 0.6) is 5.75 Å². The zero-order chi connectivity index (χ0) is 17.4. The number of benzene rings is 2. The predicted molar refractivity (Wildman–Crippen MR) is 90.5 cm³/mol. The Hall–Kier alpha value is -2.01. The van der Waals surface area contributed by atoms with Crippen LogP contribution in [0.1, 0.15) is 31.2 Å². The first kappa shape index (κ1) is 16.5. The summed E-state index contributed by atoms with van der Waals surface area (Å²) < 4.78 is 44.2. The minimum Gasteiger partial charge on any atom is -0.490 e. The number of hydrogen-bond acceptors (Lipinski definition) is 2. The van der Waals surface area contributed by atoms with Crippen molar-refractivity contribution in [2.24, 2.45) is 0 Å². The van der Waals surface area contributed by atoms with Crippen LogP contribution in [0.3, 0.4) is 0 Å². The summed E-state index contributed by atoms with van der Waals surface area (Å²) in [6.07, 6.45) is 0.369. The van der Waals surface area contributed by atoms with Crippen LogP contribution < -0.4 is 10.1 Å². The van der Waals surface area contributed by atoms with Gasteiger partial charge in [-0.25, -0.2) is 0 Å². The van der Waals surface area contributed by atoms with Crippen molar-refractivity contribution in [1.29, 1.82) is 0 Å². The molecule has 2 aliphatic heterocycles. The van der Waals surface area contributed by atoms with Gasteiger partial charge in [-0.1, -0.05) is 24.3 Å². The fraction of sp³-hybridized carbons (Fsp3) is 0.400. The maximum absolute atomic E-state index is 12.7. The molecule has 4 rings (SSSR count). The molecule has 0 amide bonds. The summed E-state index contributed by atoms with van der Waals surface area (Å²) >= 11 is 0. The molecule has 1 N–H and O–H groups in total. The zero-order valence-corrected chi connectivity index (χ0v) is 13.7. The number of piperidine rings is 1. The summed E-state index contributed by atoms with van der Waals surface area (Å²) in [6.45, 7) is 0. The molecular formula is C20H20F3NO. The lowest BCUT2D eigenvalue weighted by Gasteiger charge is -2.29. The Kier molecular flexibility index (Phi) is 4.20. The van der Waals surface area contributed by atoms with Crippen molar-refractivity contribution in [2.45, 2.75) is 50.0 Å². The first-order valence-corrected chi connectivity index (χ1v) is 8.68. The molecule has 2 heterocycles. The molecule has 2 aliphatic rings. The molecule has 2 aromatic carbocycles. The average molecular weight is 347 g/mol. The van der Waals surface area contributed by atoms with E-state index in [1.807, 2.05) is 24.3 Å². The average Bonchev–Trinajstić information content (AvgIpc) is 2.93. The summed E-state index contributed by atoms with van der Waals surface area (Å²) in [5.41, 5.74) is 0.987. The van der Waals surface area contributed by atoms with Crippen molar-refractivity contribution in [2.75, 3.05) is 0 Å². The maximum Gasteiger partial charge on any atom is 0.416 e. The van der Waals surface area contributed by atoms with Crippen molar-refractivity contribution < 1.29 is 17.9 Å². The standard InChI is InChI=1S/C20H20F3NO/c21-20(22,23)15-6-4-13(5-7-15)14-2-1-3-18(10-14)25-19-11-16-8-9-17(12-19)24-16/h1-7,10,16-17,19,24H,8-9,11-12H2. The van der Waals surface area contributed by atoms with Gasteiger partial charge in [0.1, 0.15) is 11.9 Å². The lowest BCUT2D eigenvalue weighted by atomic mass is 10.0. The number of hydrogen-bond donors (Lipinski definition) is 1. The van der Waals surface area contributed by atoms with Crippen molar-refractivity contribution in [3.63, 3.8) is 0 Å². The molecule has 0 aromatic heterocycles. The Labute approximate surface area is 145 Å². The van der Waals surface area contributed by atoms with Crippen molar-refractivity contribution in [3.8, 4) is 16.9 Å². The van der Waals surface area contributed by atoms with Gasteiger partial charge < -0.3 is 10.1 Å². The largest absolute Gasteiger partial charge is 0.490 e. The van der Waals surface area contributed by atoms with E-state index in [1.165, 1.54) is 25.0 Å². The van der Waals surface area contributed by atoms with Gasteiger partial charge in [0.25, 0.3) is 0 Å². The molecule has 132 valence electrons. The van der Waals surface area contributed by atoms with E-state index in [1.54, 1.807) is 0 Å². The number of alkyl halides is 3. The van der Waals surface area contributed by atoms with Crippen LogP contribution >= 0.6 is 0 Å². The Morgan fingerprint density at radius 3 is 2.20 bits per heavy atom. The molecule has 2 nitrogen and oxygen atoms in total. The van der Waals surface area contributed by atoms with Crippen LogP contribution in [-0.4, -0.2) is 18.2 Å².